The molecule has 0 aliphatic carbocycles. The molecular weight excluding hydrogens is 265 g/mol. The van der Waals surface area contributed by atoms with Gasteiger partial charge in [-0.05, 0) is 38.5 Å². The molecule has 0 fully saturated rings. The minimum Gasteiger partial charge on any atom is -0.207 e. The third-order valence-electron chi connectivity index (χ3n) is 2.18. The third kappa shape index (κ3) is 3.66. The summed E-state index contributed by atoms with van der Waals surface area (Å²) in [5.74, 6) is -0.458. The van der Waals surface area contributed by atoms with Gasteiger partial charge in [-0.1, -0.05) is 6.07 Å². The van der Waals surface area contributed by atoms with Crippen molar-refractivity contribution in [1.29, 1.82) is 0 Å². The molecule has 0 aromatic heterocycles. The Morgan fingerprint density at radius 2 is 2.00 bits per heavy atom. The molecule has 0 bridgehead atoms. The van der Waals surface area contributed by atoms with Crippen LogP contribution in [0.3, 0.4) is 0 Å². The number of hydrogen-bond donors (Lipinski definition) is 1. The Labute approximate surface area is 106 Å². The highest BCUT2D eigenvalue weighted by Crippen LogP contribution is 2.19. The minimum absolute atomic E-state index is 0.0595. The zero-order valence-electron chi connectivity index (χ0n) is 9.92. The Kier molecular flexibility index (Phi) is 4.17. The molecule has 0 spiro atoms. The number of benzene rings is 1. The average Bonchev–Trinajstić information content (AvgIpc) is 2.20. The summed E-state index contributed by atoms with van der Waals surface area (Å²) in [6.07, 6.45) is 0. The number of rotatable bonds is 4. The lowest BCUT2D eigenvalue weighted by Gasteiger charge is -2.23. The molecule has 0 amide bonds. The van der Waals surface area contributed by atoms with Crippen LogP contribution >= 0.6 is 11.6 Å². The van der Waals surface area contributed by atoms with Crippen LogP contribution < -0.4 is 4.72 Å². The molecule has 1 aromatic carbocycles. The summed E-state index contributed by atoms with van der Waals surface area (Å²) in [5, 5.41) is 0. The van der Waals surface area contributed by atoms with Crippen LogP contribution in [0.25, 0.3) is 0 Å². The van der Waals surface area contributed by atoms with Gasteiger partial charge in [0, 0.05) is 11.4 Å². The lowest BCUT2D eigenvalue weighted by atomic mass is 10.1. The Balaban J connectivity index is 3.18. The second kappa shape index (κ2) is 4.92. The Hall–Kier alpha value is -0.650. The second-order valence-electron chi connectivity index (χ2n) is 4.53. The Morgan fingerprint density at radius 1 is 1.41 bits per heavy atom. The van der Waals surface area contributed by atoms with Gasteiger partial charge in [-0.25, -0.2) is 17.5 Å². The fraction of sp³-hybridized carbons (Fsp3) is 0.455. The monoisotopic (exact) mass is 279 g/mol. The number of halogens is 2. The third-order valence-corrected chi connectivity index (χ3v) is 4.69. The van der Waals surface area contributed by atoms with Crippen LogP contribution in [0.4, 0.5) is 4.39 Å². The van der Waals surface area contributed by atoms with Crippen molar-refractivity contribution in [3.05, 3.63) is 29.6 Å². The molecule has 96 valence electrons. The summed E-state index contributed by atoms with van der Waals surface area (Å²) in [6, 6.07) is 3.65. The number of nitrogens with one attached hydrogen (secondary N) is 1. The molecule has 0 aliphatic rings. The summed E-state index contributed by atoms with van der Waals surface area (Å²) in [5.41, 5.74) is -0.289. The van der Waals surface area contributed by atoms with Gasteiger partial charge >= 0.3 is 0 Å². The van der Waals surface area contributed by atoms with Crippen LogP contribution in [-0.2, 0) is 10.0 Å². The average molecular weight is 280 g/mol. The topological polar surface area (TPSA) is 46.2 Å². The van der Waals surface area contributed by atoms with Gasteiger partial charge in [0.25, 0.3) is 0 Å². The van der Waals surface area contributed by atoms with Gasteiger partial charge in [-0.15, -0.1) is 11.6 Å². The second-order valence-corrected chi connectivity index (χ2v) is 6.45. The molecule has 0 radical (unpaired) electrons. The maximum Gasteiger partial charge on any atom is 0.241 e. The fourth-order valence-corrected chi connectivity index (χ4v) is 3.12. The van der Waals surface area contributed by atoms with Gasteiger partial charge in [-0.2, -0.15) is 0 Å². The first-order valence-corrected chi connectivity index (χ1v) is 7.06. The lowest BCUT2D eigenvalue weighted by Crippen LogP contribution is -2.44. The van der Waals surface area contributed by atoms with E-state index < -0.39 is 21.4 Å². The lowest BCUT2D eigenvalue weighted by molar-refractivity contribution is 0.495. The van der Waals surface area contributed by atoms with Gasteiger partial charge in [0.1, 0.15) is 5.82 Å². The van der Waals surface area contributed by atoms with Crippen molar-refractivity contribution in [2.75, 3.05) is 5.88 Å². The largest absolute Gasteiger partial charge is 0.241 e. The molecule has 1 N–H and O–H groups in total. The standard InChI is InChI=1S/C11H15ClFNO2S/c1-8-4-5-9(13)6-10(8)17(15,16)14-11(2,3)7-12/h4-6,14H,7H2,1-3H3. The van der Waals surface area contributed by atoms with Crippen molar-refractivity contribution in [3.63, 3.8) is 0 Å². The van der Waals surface area contributed by atoms with Gasteiger partial charge in [0.05, 0.1) is 4.90 Å². The first-order chi connectivity index (χ1) is 7.68. The predicted molar refractivity (Wildman–Crippen MR) is 66.3 cm³/mol. The van der Waals surface area contributed by atoms with Crippen LogP contribution in [0.5, 0.6) is 0 Å². The van der Waals surface area contributed by atoms with E-state index in [1.165, 1.54) is 12.1 Å². The van der Waals surface area contributed by atoms with Crippen molar-refractivity contribution in [2.24, 2.45) is 0 Å². The highest BCUT2D eigenvalue weighted by atomic mass is 35.5. The van der Waals surface area contributed by atoms with Gasteiger partial charge in [0.15, 0.2) is 0 Å². The van der Waals surface area contributed by atoms with E-state index in [-0.39, 0.29) is 10.8 Å². The van der Waals surface area contributed by atoms with Crippen molar-refractivity contribution >= 4 is 21.6 Å². The molecule has 0 unspecified atom stereocenters. The fourth-order valence-electron chi connectivity index (χ4n) is 1.31. The zero-order valence-corrected chi connectivity index (χ0v) is 11.5. The Bertz CT molecular complexity index is 514. The number of sulfonamides is 1. The molecule has 17 heavy (non-hydrogen) atoms. The van der Waals surface area contributed by atoms with E-state index in [9.17, 15) is 12.8 Å². The molecule has 0 saturated heterocycles. The highest BCUT2D eigenvalue weighted by molar-refractivity contribution is 7.89. The highest BCUT2D eigenvalue weighted by Gasteiger charge is 2.26. The van der Waals surface area contributed by atoms with Crippen LogP contribution in [0.2, 0.25) is 0 Å². The van der Waals surface area contributed by atoms with Crippen molar-refractivity contribution in [2.45, 2.75) is 31.2 Å². The predicted octanol–water partition coefficient (Wildman–Crippen LogP) is 2.43. The van der Waals surface area contributed by atoms with E-state index in [0.717, 1.165) is 6.07 Å². The summed E-state index contributed by atoms with van der Waals surface area (Å²) in [6.45, 7) is 4.93. The molecule has 6 heteroatoms. The van der Waals surface area contributed by atoms with Crippen LogP contribution in [0.1, 0.15) is 19.4 Å². The summed E-state index contributed by atoms with van der Waals surface area (Å²) < 4.78 is 39.6. The maximum absolute atomic E-state index is 13.1. The molecule has 1 aromatic rings. The first kappa shape index (κ1) is 14.4. The number of aryl methyl sites for hydroxylation is 1. The van der Waals surface area contributed by atoms with Crippen molar-refractivity contribution in [1.82, 2.24) is 4.72 Å². The minimum atomic E-state index is -3.76. The normalized spacial score (nSPS) is 12.8. The molecule has 0 aliphatic heterocycles. The van der Waals surface area contributed by atoms with Gasteiger partial charge < -0.3 is 0 Å². The smallest absolute Gasteiger partial charge is 0.207 e. The molecule has 0 heterocycles. The maximum atomic E-state index is 13.1. The SMILES string of the molecule is Cc1ccc(F)cc1S(=O)(=O)NC(C)(C)CCl. The molecule has 0 atom stereocenters. The molecular formula is C11H15ClFNO2S. The Morgan fingerprint density at radius 3 is 2.53 bits per heavy atom. The molecule has 1 rings (SSSR count). The van der Waals surface area contributed by atoms with Crippen LogP contribution in [0.15, 0.2) is 23.1 Å². The number of alkyl halides is 1. The van der Waals surface area contributed by atoms with E-state index in [1.54, 1.807) is 20.8 Å². The number of hydrogen-bond acceptors (Lipinski definition) is 2. The first-order valence-electron chi connectivity index (χ1n) is 5.04. The van der Waals surface area contributed by atoms with Crippen molar-refractivity contribution < 1.29 is 12.8 Å². The van der Waals surface area contributed by atoms with E-state index in [1.807, 2.05) is 0 Å². The van der Waals surface area contributed by atoms with Gasteiger partial charge in [-0.3, -0.25) is 0 Å². The summed E-state index contributed by atoms with van der Waals surface area (Å²) >= 11 is 5.66. The van der Waals surface area contributed by atoms with E-state index in [4.69, 9.17) is 11.6 Å². The summed E-state index contributed by atoms with van der Waals surface area (Å²) in [7, 11) is -3.76. The van der Waals surface area contributed by atoms with E-state index in [0.29, 0.717) is 5.56 Å². The van der Waals surface area contributed by atoms with Gasteiger partial charge in [0.2, 0.25) is 10.0 Å². The van der Waals surface area contributed by atoms with E-state index in [2.05, 4.69) is 4.72 Å². The molecule has 0 saturated carbocycles. The zero-order chi connectivity index (χ0) is 13.3. The van der Waals surface area contributed by atoms with E-state index >= 15 is 0 Å². The molecule has 3 nitrogen and oxygen atoms in total. The van der Waals surface area contributed by atoms with Crippen LogP contribution in [0, 0.1) is 12.7 Å². The quantitative estimate of drug-likeness (QED) is 0.861. The summed E-state index contributed by atoms with van der Waals surface area (Å²) in [4.78, 5) is -0.0595. The van der Waals surface area contributed by atoms with Crippen molar-refractivity contribution in [3.8, 4) is 0 Å². The van der Waals surface area contributed by atoms with Crippen LogP contribution in [-0.4, -0.2) is 19.8 Å².